The van der Waals surface area contributed by atoms with Gasteiger partial charge in [0.25, 0.3) is 5.91 Å². The summed E-state index contributed by atoms with van der Waals surface area (Å²) in [5.41, 5.74) is 2.74. The number of hydrogen-bond donors (Lipinski definition) is 1. The Labute approximate surface area is 137 Å². The van der Waals surface area contributed by atoms with Crippen molar-refractivity contribution >= 4 is 35.0 Å². The van der Waals surface area contributed by atoms with Gasteiger partial charge in [-0.05, 0) is 56.3 Å². The fourth-order valence-electron chi connectivity index (χ4n) is 2.54. The van der Waals surface area contributed by atoms with E-state index in [-0.39, 0.29) is 5.91 Å². The summed E-state index contributed by atoms with van der Waals surface area (Å²) in [7, 11) is 0. The van der Waals surface area contributed by atoms with Gasteiger partial charge in [-0.25, -0.2) is 0 Å². The normalized spacial score (nSPS) is 16.3. The average Bonchev–Trinajstić information content (AvgIpc) is 2.78. The summed E-state index contributed by atoms with van der Waals surface area (Å²) in [4.78, 5) is 16.2. The van der Waals surface area contributed by atoms with Gasteiger partial charge in [0.15, 0.2) is 5.11 Å². The number of anilines is 1. The molecular weight excluding hydrogens is 294 g/mol. The Morgan fingerprint density at radius 3 is 2.36 bits per heavy atom. The van der Waals surface area contributed by atoms with Crippen LogP contribution in [0, 0.1) is 0 Å². The SMILES string of the molecule is CCCN1C(=O)/C(=C/c2ccc(N(CC)CC)cc2)NC1=S. The Morgan fingerprint density at radius 1 is 1.18 bits per heavy atom. The summed E-state index contributed by atoms with van der Waals surface area (Å²) in [6.07, 6.45) is 2.75. The number of rotatable bonds is 6. The highest BCUT2D eigenvalue weighted by Gasteiger charge is 2.29. The Morgan fingerprint density at radius 2 is 1.82 bits per heavy atom. The van der Waals surface area contributed by atoms with Gasteiger partial charge in [-0.2, -0.15) is 0 Å². The van der Waals surface area contributed by atoms with Gasteiger partial charge in [-0.3, -0.25) is 9.69 Å². The molecule has 1 aromatic carbocycles. The third-order valence-corrected chi connectivity index (χ3v) is 4.06. The van der Waals surface area contributed by atoms with Crippen LogP contribution in [0.5, 0.6) is 0 Å². The van der Waals surface area contributed by atoms with Gasteiger partial charge in [-0.1, -0.05) is 19.1 Å². The topological polar surface area (TPSA) is 35.6 Å². The van der Waals surface area contributed by atoms with Crippen LogP contribution in [-0.4, -0.2) is 35.6 Å². The second kappa shape index (κ2) is 7.40. The second-order valence-corrected chi connectivity index (χ2v) is 5.60. The summed E-state index contributed by atoms with van der Waals surface area (Å²) < 4.78 is 0. The molecule has 5 heteroatoms. The van der Waals surface area contributed by atoms with Crippen molar-refractivity contribution in [3.63, 3.8) is 0 Å². The summed E-state index contributed by atoms with van der Waals surface area (Å²) in [5, 5.41) is 3.50. The van der Waals surface area contributed by atoms with Crippen LogP contribution >= 0.6 is 12.2 Å². The number of carbonyl (C=O) groups excluding carboxylic acids is 1. The minimum absolute atomic E-state index is 0.0420. The Hall–Kier alpha value is -1.88. The number of benzene rings is 1. The van der Waals surface area contributed by atoms with E-state index >= 15 is 0 Å². The molecule has 2 rings (SSSR count). The second-order valence-electron chi connectivity index (χ2n) is 5.21. The number of hydrogen-bond acceptors (Lipinski definition) is 3. The largest absolute Gasteiger partial charge is 0.372 e. The Balaban J connectivity index is 2.16. The van der Waals surface area contributed by atoms with Gasteiger partial charge in [-0.15, -0.1) is 0 Å². The number of nitrogens with one attached hydrogen (secondary N) is 1. The molecule has 1 N–H and O–H groups in total. The predicted molar refractivity (Wildman–Crippen MR) is 95.7 cm³/mol. The number of nitrogens with zero attached hydrogens (tertiary/aromatic N) is 2. The zero-order chi connectivity index (χ0) is 16.1. The molecule has 0 spiro atoms. The molecule has 22 heavy (non-hydrogen) atoms. The average molecular weight is 317 g/mol. The molecule has 0 saturated carbocycles. The molecule has 0 aliphatic carbocycles. The van der Waals surface area contributed by atoms with Gasteiger partial charge in [0.05, 0.1) is 0 Å². The summed E-state index contributed by atoms with van der Waals surface area (Å²) >= 11 is 5.21. The monoisotopic (exact) mass is 317 g/mol. The first-order valence-electron chi connectivity index (χ1n) is 7.80. The van der Waals surface area contributed by atoms with Crippen LogP contribution in [-0.2, 0) is 4.79 Å². The lowest BCUT2D eigenvalue weighted by molar-refractivity contribution is -0.122. The van der Waals surface area contributed by atoms with Crippen molar-refractivity contribution in [2.24, 2.45) is 0 Å². The van der Waals surface area contributed by atoms with E-state index in [9.17, 15) is 4.79 Å². The smallest absolute Gasteiger partial charge is 0.276 e. The molecule has 1 fully saturated rings. The maximum Gasteiger partial charge on any atom is 0.276 e. The van der Waals surface area contributed by atoms with E-state index in [4.69, 9.17) is 12.2 Å². The molecule has 1 aliphatic heterocycles. The van der Waals surface area contributed by atoms with Crippen molar-refractivity contribution in [3.05, 3.63) is 35.5 Å². The van der Waals surface area contributed by atoms with E-state index in [1.54, 1.807) is 4.90 Å². The quantitative estimate of drug-likeness (QED) is 0.646. The zero-order valence-corrected chi connectivity index (χ0v) is 14.2. The van der Waals surface area contributed by atoms with Crippen LogP contribution in [0.1, 0.15) is 32.8 Å². The molecule has 1 aliphatic rings. The van der Waals surface area contributed by atoms with Crippen LogP contribution in [0.3, 0.4) is 0 Å². The molecule has 0 radical (unpaired) electrons. The van der Waals surface area contributed by atoms with E-state index in [1.807, 2.05) is 25.1 Å². The summed E-state index contributed by atoms with van der Waals surface area (Å²) in [6.45, 7) is 8.94. The third kappa shape index (κ3) is 3.47. The van der Waals surface area contributed by atoms with Gasteiger partial charge < -0.3 is 10.2 Å². The first-order valence-corrected chi connectivity index (χ1v) is 8.21. The predicted octanol–water partition coefficient (Wildman–Crippen LogP) is 3.00. The number of thiocarbonyl (C=S) groups is 1. The molecule has 1 amide bonds. The van der Waals surface area contributed by atoms with Gasteiger partial charge in [0, 0.05) is 25.3 Å². The van der Waals surface area contributed by atoms with Crippen LogP contribution in [0.25, 0.3) is 6.08 Å². The first kappa shape index (κ1) is 16.5. The molecule has 0 aromatic heterocycles. The molecule has 0 bridgehead atoms. The molecule has 1 heterocycles. The van der Waals surface area contributed by atoms with E-state index in [2.05, 4.69) is 36.2 Å². The van der Waals surface area contributed by atoms with Gasteiger partial charge in [0.1, 0.15) is 5.70 Å². The van der Waals surface area contributed by atoms with Gasteiger partial charge >= 0.3 is 0 Å². The number of amides is 1. The Kier molecular flexibility index (Phi) is 5.55. The molecule has 0 unspecified atom stereocenters. The lowest BCUT2D eigenvalue weighted by Crippen LogP contribution is -2.31. The van der Waals surface area contributed by atoms with Crippen molar-refractivity contribution in [3.8, 4) is 0 Å². The standard InChI is InChI=1S/C17H23N3OS/c1-4-11-20-16(21)15(18-17(20)22)12-13-7-9-14(10-8-13)19(5-2)6-3/h7-10,12H,4-6,11H2,1-3H3,(H,18,22)/b15-12-. The fraction of sp³-hybridized carbons (Fsp3) is 0.412. The van der Waals surface area contributed by atoms with Crippen LogP contribution in [0.2, 0.25) is 0 Å². The molecule has 1 aromatic rings. The van der Waals surface area contributed by atoms with Crippen molar-refractivity contribution in [2.45, 2.75) is 27.2 Å². The van der Waals surface area contributed by atoms with E-state index in [0.29, 0.717) is 17.4 Å². The summed E-state index contributed by atoms with van der Waals surface area (Å²) in [6, 6.07) is 8.23. The molecule has 4 nitrogen and oxygen atoms in total. The van der Waals surface area contributed by atoms with E-state index in [0.717, 1.165) is 25.1 Å². The van der Waals surface area contributed by atoms with Crippen molar-refractivity contribution in [2.75, 3.05) is 24.5 Å². The van der Waals surface area contributed by atoms with Crippen molar-refractivity contribution in [1.29, 1.82) is 0 Å². The fourth-order valence-corrected chi connectivity index (χ4v) is 2.82. The molecule has 0 atom stereocenters. The van der Waals surface area contributed by atoms with E-state index < -0.39 is 0 Å². The van der Waals surface area contributed by atoms with E-state index in [1.165, 1.54) is 5.69 Å². The van der Waals surface area contributed by atoms with Crippen molar-refractivity contribution in [1.82, 2.24) is 10.2 Å². The first-order chi connectivity index (χ1) is 10.6. The maximum atomic E-state index is 12.3. The highest BCUT2D eigenvalue weighted by molar-refractivity contribution is 7.80. The van der Waals surface area contributed by atoms with Crippen LogP contribution in [0.4, 0.5) is 5.69 Å². The molecular formula is C17H23N3OS. The van der Waals surface area contributed by atoms with Crippen LogP contribution in [0.15, 0.2) is 30.0 Å². The minimum atomic E-state index is -0.0420. The third-order valence-electron chi connectivity index (χ3n) is 3.74. The molecule has 1 saturated heterocycles. The lowest BCUT2D eigenvalue weighted by atomic mass is 10.1. The minimum Gasteiger partial charge on any atom is -0.372 e. The van der Waals surface area contributed by atoms with Gasteiger partial charge in [0.2, 0.25) is 0 Å². The van der Waals surface area contributed by atoms with Crippen LogP contribution < -0.4 is 10.2 Å². The molecule has 118 valence electrons. The van der Waals surface area contributed by atoms with Crippen molar-refractivity contribution < 1.29 is 4.79 Å². The zero-order valence-electron chi connectivity index (χ0n) is 13.4. The number of carbonyl (C=O) groups is 1. The lowest BCUT2D eigenvalue weighted by Gasteiger charge is -2.20. The Bertz CT molecular complexity index is 576. The summed E-state index contributed by atoms with van der Waals surface area (Å²) in [5.74, 6) is -0.0420. The maximum absolute atomic E-state index is 12.3. The highest BCUT2D eigenvalue weighted by Crippen LogP contribution is 2.18. The highest BCUT2D eigenvalue weighted by atomic mass is 32.1.